The van der Waals surface area contributed by atoms with Gasteiger partial charge in [-0.05, 0) is 24.6 Å². The summed E-state index contributed by atoms with van der Waals surface area (Å²) in [6.07, 6.45) is 0. The second-order valence-corrected chi connectivity index (χ2v) is 5.18. The van der Waals surface area contributed by atoms with E-state index in [1.165, 1.54) is 6.92 Å². The van der Waals surface area contributed by atoms with Crippen LogP contribution in [0.3, 0.4) is 0 Å². The molecule has 0 aliphatic carbocycles. The van der Waals surface area contributed by atoms with Gasteiger partial charge in [0.25, 0.3) is 11.6 Å². The second kappa shape index (κ2) is 7.33. The summed E-state index contributed by atoms with van der Waals surface area (Å²) in [5.41, 5.74) is 0.0120. The number of nitriles is 1. The first-order chi connectivity index (χ1) is 11.4. The van der Waals surface area contributed by atoms with Crippen LogP contribution in [0.1, 0.15) is 21.5 Å². The van der Waals surface area contributed by atoms with Crippen LogP contribution >= 0.6 is 0 Å². The fourth-order valence-electron chi connectivity index (χ4n) is 2.40. The van der Waals surface area contributed by atoms with E-state index in [0.717, 1.165) is 22.6 Å². The number of aryl methyl sites for hydroxylation is 1. The maximum absolute atomic E-state index is 13.6. The van der Waals surface area contributed by atoms with E-state index in [4.69, 9.17) is 5.26 Å². The summed E-state index contributed by atoms with van der Waals surface area (Å²) >= 11 is 0. The topological polar surface area (TPSA) is 87.2 Å². The molecule has 7 heteroatoms. The lowest BCUT2D eigenvalue weighted by Crippen LogP contribution is -2.31. The molecule has 1 amide bonds. The Balaban J connectivity index is 2.44. The van der Waals surface area contributed by atoms with Gasteiger partial charge >= 0.3 is 0 Å². The maximum atomic E-state index is 13.6. The van der Waals surface area contributed by atoms with Crippen molar-refractivity contribution in [1.29, 1.82) is 5.26 Å². The van der Waals surface area contributed by atoms with E-state index in [9.17, 15) is 19.3 Å². The number of benzene rings is 2. The molecule has 2 aromatic carbocycles. The van der Waals surface area contributed by atoms with E-state index < -0.39 is 22.3 Å². The molecule has 0 aliphatic heterocycles. The number of hydrogen-bond donors (Lipinski definition) is 0. The highest BCUT2D eigenvalue weighted by Gasteiger charge is 2.27. The first-order valence-electron chi connectivity index (χ1n) is 7.08. The predicted octanol–water partition coefficient (Wildman–Crippen LogP) is 3.21. The quantitative estimate of drug-likeness (QED) is 0.479. The molecule has 0 unspecified atom stereocenters. The van der Waals surface area contributed by atoms with Gasteiger partial charge in [-0.1, -0.05) is 30.3 Å². The Morgan fingerprint density at radius 2 is 2.00 bits per heavy atom. The molecular weight excluding hydrogens is 313 g/mol. The van der Waals surface area contributed by atoms with E-state index in [1.807, 2.05) is 6.07 Å². The zero-order chi connectivity index (χ0) is 17.7. The molecule has 0 radical (unpaired) electrons. The average Bonchev–Trinajstić information content (AvgIpc) is 2.53. The van der Waals surface area contributed by atoms with Crippen LogP contribution in [0.4, 0.5) is 10.1 Å². The van der Waals surface area contributed by atoms with Gasteiger partial charge in [-0.25, -0.2) is 4.39 Å². The van der Waals surface area contributed by atoms with Crippen molar-refractivity contribution in [3.8, 4) is 6.07 Å². The first kappa shape index (κ1) is 17.1. The lowest BCUT2D eigenvalue weighted by atomic mass is 10.1. The molecule has 0 saturated carbocycles. The molecule has 24 heavy (non-hydrogen) atoms. The SMILES string of the molecule is Cc1cc(F)cc(C(=O)N(CC#N)Cc2ccccc2)c1[N+](=O)[O-]. The standard InChI is InChI=1S/C17H14FN3O3/c1-12-9-14(18)10-15(16(12)21(23)24)17(22)20(8-7-19)11-13-5-3-2-4-6-13/h2-6,9-10H,8,11H2,1H3. The van der Waals surface area contributed by atoms with Crippen molar-refractivity contribution in [3.63, 3.8) is 0 Å². The number of nitro benzene ring substituents is 1. The van der Waals surface area contributed by atoms with Gasteiger partial charge < -0.3 is 4.90 Å². The van der Waals surface area contributed by atoms with Gasteiger partial charge in [0, 0.05) is 12.1 Å². The van der Waals surface area contributed by atoms with Gasteiger partial charge in [0.15, 0.2) is 0 Å². The molecular formula is C17H14FN3O3. The minimum absolute atomic E-state index is 0.0555. The highest BCUT2D eigenvalue weighted by Crippen LogP contribution is 2.26. The largest absolute Gasteiger partial charge is 0.321 e. The van der Waals surface area contributed by atoms with Crippen molar-refractivity contribution in [1.82, 2.24) is 4.90 Å². The van der Waals surface area contributed by atoms with E-state index >= 15 is 0 Å². The van der Waals surface area contributed by atoms with Gasteiger partial charge in [-0.2, -0.15) is 5.26 Å². The summed E-state index contributed by atoms with van der Waals surface area (Å²) in [5.74, 6) is -1.49. The number of amides is 1. The molecule has 0 spiro atoms. The molecule has 0 bridgehead atoms. The van der Waals surface area contributed by atoms with Gasteiger partial charge in [0.2, 0.25) is 0 Å². The smallest absolute Gasteiger partial charge is 0.285 e. The number of nitrogens with zero attached hydrogens (tertiary/aromatic N) is 3. The molecule has 0 saturated heterocycles. The number of nitro groups is 1. The zero-order valence-electron chi connectivity index (χ0n) is 12.9. The van der Waals surface area contributed by atoms with E-state index in [0.29, 0.717) is 0 Å². The molecule has 0 heterocycles. The van der Waals surface area contributed by atoms with Crippen LogP contribution in [0.2, 0.25) is 0 Å². The fraction of sp³-hybridized carbons (Fsp3) is 0.176. The minimum Gasteiger partial charge on any atom is -0.321 e. The Morgan fingerprint density at radius 3 is 2.58 bits per heavy atom. The van der Waals surface area contributed by atoms with Crippen LogP contribution in [0.25, 0.3) is 0 Å². The maximum Gasteiger partial charge on any atom is 0.285 e. The third-order valence-corrected chi connectivity index (χ3v) is 3.44. The van der Waals surface area contributed by atoms with E-state index in [1.54, 1.807) is 30.3 Å². The number of carbonyl (C=O) groups is 1. The summed E-state index contributed by atoms with van der Waals surface area (Å²) in [5, 5.41) is 20.2. The third-order valence-electron chi connectivity index (χ3n) is 3.44. The number of rotatable bonds is 5. The van der Waals surface area contributed by atoms with Crippen molar-refractivity contribution in [2.24, 2.45) is 0 Å². The molecule has 0 atom stereocenters. The van der Waals surface area contributed by atoms with Crippen LogP contribution in [0.5, 0.6) is 0 Å². The van der Waals surface area contributed by atoms with Crippen molar-refractivity contribution in [2.45, 2.75) is 13.5 Å². The lowest BCUT2D eigenvalue weighted by Gasteiger charge is -2.20. The molecule has 0 N–H and O–H groups in total. The number of halogens is 1. The van der Waals surface area contributed by atoms with Gasteiger partial charge in [0.05, 0.1) is 11.0 Å². The summed E-state index contributed by atoms with van der Waals surface area (Å²) in [7, 11) is 0. The highest BCUT2D eigenvalue weighted by atomic mass is 19.1. The van der Waals surface area contributed by atoms with Crippen molar-refractivity contribution in [2.75, 3.05) is 6.54 Å². The molecule has 0 aromatic heterocycles. The van der Waals surface area contributed by atoms with Crippen LogP contribution in [-0.4, -0.2) is 22.3 Å². The summed E-state index contributed by atoms with van der Waals surface area (Å²) in [6, 6.07) is 12.6. The number of hydrogen-bond acceptors (Lipinski definition) is 4. The van der Waals surface area contributed by atoms with Crippen LogP contribution in [-0.2, 0) is 6.54 Å². The molecule has 122 valence electrons. The Hall–Kier alpha value is -3.27. The lowest BCUT2D eigenvalue weighted by molar-refractivity contribution is -0.385. The van der Waals surface area contributed by atoms with E-state index in [2.05, 4.69) is 0 Å². The van der Waals surface area contributed by atoms with Crippen LogP contribution in [0.15, 0.2) is 42.5 Å². The molecule has 0 fully saturated rings. The monoisotopic (exact) mass is 327 g/mol. The van der Waals surface area contributed by atoms with Gasteiger partial charge in [-0.15, -0.1) is 0 Å². The van der Waals surface area contributed by atoms with Crippen molar-refractivity contribution >= 4 is 11.6 Å². The summed E-state index contributed by atoms with van der Waals surface area (Å²) in [6.45, 7) is 1.20. The van der Waals surface area contributed by atoms with Gasteiger partial charge in [0.1, 0.15) is 17.9 Å². The first-order valence-corrected chi connectivity index (χ1v) is 7.08. The fourth-order valence-corrected chi connectivity index (χ4v) is 2.40. The molecule has 2 rings (SSSR count). The zero-order valence-corrected chi connectivity index (χ0v) is 12.9. The molecule has 2 aromatic rings. The summed E-state index contributed by atoms with van der Waals surface area (Å²) < 4.78 is 13.6. The summed E-state index contributed by atoms with van der Waals surface area (Å²) in [4.78, 5) is 24.4. The van der Waals surface area contributed by atoms with Gasteiger partial charge in [-0.3, -0.25) is 14.9 Å². The Labute approximate surface area is 137 Å². The molecule has 6 nitrogen and oxygen atoms in total. The normalized spacial score (nSPS) is 10.0. The Kier molecular flexibility index (Phi) is 5.22. The predicted molar refractivity (Wildman–Crippen MR) is 84.6 cm³/mol. The van der Waals surface area contributed by atoms with Crippen molar-refractivity contribution in [3.05, 3.63) is 75.1 Å². The second-order valence-electron chi connectivity index (χ2n) is 5.18. The minimum atomic E-state index is -0.755. The van der Waals surface area contributed by atoms with E-state index in [-0.39, 0.29) is 24.2 Å². The Morgan fingerprint density at radius 1 is 1.33 bits per heavy atom. The molecule has 0 aliphatic rings. The highest BCUT2D eigenvalue weighted by molar-refractivity contribution is 5.98. The van der Waals surface area contributed by atoms with Crippen LogP contribution in [0, 0.1) is 34.2 Å². The van der Waals surface area contributed by atoms with Crippen LogP contribution < -0.4 is 0 Å². The average molecular weight is 327 g/mol. The Bertz CT molecular complexity index is 816. The third kappa shape index (κ3) is 3.73. The number of carbonyl (C=O) groups excluding carboxylic acids is 1. The van der Waals surface area contributed by atoms with Crippen molar-refractivity contribution < 1.29 is 14.1 Å².